The van der Waals surface area contributed by atoms with Gasteiger partial charge in [0.2, 0.25) is 0 Å². The summed E-state index contributed by atoms with van der Waals surface area (Å²) in [6, 6.07) is 11.5. The lowest BCUT2D eigenvalue weighted by atomic mass is 10.2. The number of benzene rings is 2. The first-order valence-corrected chi connectivity index (χ1v) is 9.23. The fourth-order valence-corrected chi connectivity index (χ4v) is 3.57. The Morgan fingerprint density at radius 2 is 1.96 bits per heavy atom. The Hall–Kier alpha value is -2.74. The zero-order valence-electron chi connectivity index (χ0n) is 13.7. The molecule has 0 saturated heterocycles. The average Bonchev–Trinajstić information content (AvgIpc) is 2.54. The first-order valence-electron chi connectivity index (χ1n) is 7.75. The third-order valence-electron chi connectivity index (χ3n) is 3.86. The summed E-state index contributed by atoms with van der Waals surface area (Å²) < 4.78 is 32.2. The number of aryl methyl sites for hydroxylation is 1. The molecule has 0 atom stereocenters. The molecule has 7 nitrogen and oxygen atoms in total. The number of carbonyl (C=O) groups excluding carboxylic acids is 1. The van der Waals surface area contributed by atoms with Crippen LogP contribution in [0.1, 0.15) is 5.56 Å². The molecule has 1 heterocycles. The van der Waals surface area contributed by atoms with Gasteiger partial charge in [-0.1, -0.05) is 17.7 Å². The van der Waals surface area contributed by atoms with Gasteiger partial charge >= 0.3 is 0 Å². The van der Waals surface area contributed by atoms with Crippen molar-refractivity contribution in [3.05, 3.63) is 48.0 Å². The van der Waals surface area contributed by atoms with E-state index in [0.29, 0.717) is 30.3 Å². The van der Waals surface area contributed by atoms with E-state index in [1.54, 1.807) is 35.2 Å². The van der Waals surface area contributed by atoms with Crippen molar-refractivity contribution in [2.75, 3.05) is 30.3 Å². The molecule has 2 aromatic rings. The van der Waals surface area contributed by atoms with Crippen LogP contribution in [0.15, 0.2) is 47.4 Å². The van der Waals surface area contributed by atoms with Crippen molar-refractivity contribution in [3.63, 3.8) is 0 Å². The van der Waals surface area contributed by atoms with Crippen LogP contribution < -0.4 is 20.1 Å². The third kappa shape index (κ3) is 3.85. The van der Waals surface area contributed by atoms with Gasteiger partial charge < -0.3 is 15.4 Å². The smallest absolute Gasteiger partial charge is 0.264 e. The maximum Gasteiger partial charge on any atom is 0.264 e. The minimum Gasteiger partial charge on any atom is -0.489 e. The van der Waals surface area contributed by atoms with E-state index in [1.165, 1.54) is 12.1 Å². The summed E-state index contributed by atoms with van der Waals surface area (Å²) in [4.78, 5) is 14.1. The van der Waals surface area contributed by atoms with Crippen LogP contribution in [-0.2, 0) is 14.8 Å². The maximum atomic E-state index is 12.3. The number of anilines is 2. The van der Waals surface area contributed by atoms with Crippen LogP contribution in [-0.4, -0.2) is 34.0 Å². The lowest BCUT2D eigenvalue weighted by molar-refractivity contribution is -0.118. The normalized spacial score (nSPS) is 13.7. The van der Waals surface area contributed by atoms with Gasteiger partial charge in [0.1, 0.15) is 12.4 Å². The molecule has 8 heteroatoms. The van der Waals surface area contributed by atoms with E-state index in [0.717, 1.165) is 5.56 Å². The predicted molar refractivity (Wildman–Crippen MR) is 95.1 cm³/mol. The lowest BCUT2D eigenvalue weighted by Gasteiger charge is -2.30. The second kappa shape index (κ2) is 6.64. The third-order valence-corrected chi connectivity index (χ3v) is 5.25. The first kappa shape index (κ1) is 17.1. The molecule has 1 aliphatic heterocycles. The van der Waals surface area contributed by atoms with Crippen molar-refractivity contribution >= 4 is 27.3 Å². The Bertz CT molecular complexity index is 895. The number of nitrogens with one attached hydrogen (secondary N) is 1. The fraction of sp³-hybridized carbons (Fsp3) is 0.235. The SMILES string of the molecule is Cc1ccc(S(=O)(=O)NC(=O)CN2CCOc3cc(N)ccc32)cc1. The van der Waals surface area contributed by atoms with Crippen molar-refractivity contribution < 1.29 is 17.9 Å². The fourth-order valence-electron chi connectivity index (χ4n) is 2.59. The van der Waals surface area contributed by atoms with E-state index in [9.17, 15) is 13.2 Å². The lowest BCUT2D eigenvalue weighted by Crippen LogP contribution is -2.43. The monoisotopic (exact) mass is 361 g/mol. The largest absolute Gasteiger partial charge is 0.489 e. The number of amides is 1. The molecular weight excluding hydrogens is 342 g/mol. The summed E-state index contributed by atoms with van der Waals surface area (Å²) in [7, 11) is -3.89. The maximum absolute atomic E-state index is 12.3. The van der Waals surface area contributed by atoms with Gasteiger partial charge in [-0.3, -0.25) is 4.79 Å². The minimum absolute atomic E-state index is 0.0570. The van der Waals surface area contributed by atoms with E-state index in [1.807, 2.05) is 6.92 Å². The highest BCUT2D eigenvalue weighted by atomic mass is 32.2. The number of ether oxygens (including phenoxy) is 1. The molecular formula is C17H19N3O4S. The molecule has 3 N–H and O–H groups in total. The Kier molecular flexibility index (Phi) is 4.54. The number of hydrogen-bond acceptors (Lipinski definition) is 6. The summed E-state index contributed by atoms with van der Waals surface area (Å²) in [5.74, 6) is -0.0225. The molecule has 132 valence electrons. The highest BCUT2D eigenvalue weighted by Gasteiger charge is 2.23. The number of sulfonamides is 1. The second-order valence-corrected chi connectivity index (χ2v) is 7.52. The molecule has 0 saturated carbocycles. The highest BCUT2D eigenvalue weighted by molar-refractivity contribution is 7.90. The molecule has 0 spiro atoms. The number of rotatable bonds is 4. The Morgan fingerprint density at radius 1 is 1.24 bits per heavy atom. The van der Waals surface area contributed by atoms with Crippen LogP contribution in [0.3, 0.4) is 0 Å². The topological polar surface area (TPSA) is 102 Å². The Morgan fingerprint density at radius 3 is 2.68 bits per heavy atom. The molecule has 0 unspecified atom stereocenters. The van der Waals surface area contributed by atoms with Crippen LogP contribution in [0.2, 0.25) is 0 Å². The van der Waals surface area contributed by atoms with Gasteiger partial charge in [0.25, 0.3) is 15.9 Å². The van der Waals surface area contributed by atoms with Crippen molar-refractivity contribution in [2.24, 2.45) is 0 Å². The van der Waals surface area contributed by atoms with Gasteiger partial charge in [-0.25, -0.2) is 13.1 Å². The summed E-state index contributed by atoms with van der Waals surface area (Å²) in [6.07, 6.45) is 0. The molecule has 0 aromatic heterocycles. The van der Waals surface area contributed by atoms with Gasteiger partial charge in [-0.05, 0) is 31.2 Å². The number of nitrogen functional groups attached to an aromatic ring is 1. The van der Waals surface area contributed by atoms with Crippen molar-refractivity contribution in [2.45, 2.75) is 11.8 Å². The number of nitrogens with zero attached hydrogens (tertiary/aromatic N) is 1. The van der Waals surface area contributed by atoms with E-state index in [4.69, 9.17) is 10.5 Å². The molecule has 0 radical (unpaired) electrons. The highest BCUT2D eigenvalue weighted by Crippen LogP contribution is 2.32. The Balaban J connectivity index is 1.72. The molecule has 1 aliphatic rings. The first-order chi connectivity index (χ1) is 11.8. The minimum atomic E-state index is -3.89. The standard InChI is InChI=1S/C17H19N3O4S/c1-12-2-5-14(6-3-12)25(22,23)19-17(21)11-20-8-9-24-16-10-13(18)4-7-15(16)20/h2-7,10H,8-9,11,18H2,1H3,(H,19,21). The predicted octanol–water partition coefficient (Wildman–Crippen LogP) is 1.28. The van der Waals surface area contributed by atoms with Crippen molar-refractivity contribution in [3.8, 4) is 5.75 Å². The van der Waals surface area contributed by atoms with E-state index < -0.39 is 15.9 Å². The van der Waals surface area contributed by atoms with Crippen LogP contribution in [0.5, 0.6) is 5.75 Å². The summed E-state index contributed by atoms with van der Waals surface area (Å²) in [5.41, 5.74) is 7.94. The zero-order valence-corrected chi connectivity index (χ0v) is 14.5. The van der Waals surface area contributed by atoms with E-state index in [2.05, 4.69) is 4.72 Å². The Labute approximate surface area is 146 Å². The van der Waals surface area contributed by atoms with Gasteiger partial charge in [0.15, 0.2) is 0 Å². The van der Waals surface area contributed by atoms with Gasteiger partial charge in [-0.2, -0.15) is 0 Å². The molecule has 2 aromatic carbocycles. The van der Waals surface area contributed by atoms with Crippen LogP contribution in [0.25, 0.3) is 0 Å². The van der Waals surface area contributed by atoms with Crippen molar-refractivity contribution in [1.29, 1.82) is 0 Å². The molecule has 0 bridgehead atoms. The number of nitrogens with two attached hydrogens (primary N) is 1. The van der Waals surface area contributed by atoms with Crippen LogP contribution in [0.4, 0.5) is 11.4 Å². The van der Waals surface area contributed by atoms with Gasteiger partial charge in [0.05, 0.1) is 23.7 Å². The summed E-state index contributed by atoms with van der Waals surface area (Å²) in [5, 5.41) is 0. The van der Waals surface area contributed by atoms with Crippen LogP contribution in [0, 0.1) is 6.92 Å². The molecule has 0 fully saturated rings. The van der Waals surface area contributed by atoms with Crippen LogP contribution >= 0.6 is 0 Å². The van der Waals surface area contributed by atoms with E-state index in [-0.39, 0.29) is 11.4 Å². The molecule has 1 amide bonds. The molecule has 25 heavy (non-hydrogen) atoms. The number of carbonyl (C=O) groups is 1. The van der Waals surface area contributed by atoms with Crippen molar-refractivity contribution in [1.82, 2.24) is 4.72 Å². The summed E-state index contributed by atoms with van der Waals surface area (Å²) in [6.45, 7) is 2.65. The van der Waals surface area contributed by atoms with Gasteiger partial charge in [0, 0.05) is 11.8 Å². The number of hydrogen-bond donors (Lipinski definition) is 2. The average molecular weight is 361 g/mol. The van der Waals surface area contributed by atoms with Gasteiger partial charge in [-0.15, -0.1) is 0 Å². The second-order valence-electron chi connectivity index (χ2n) is 5.84. The molecule has 3 rings (SSSR count). The quantitative estimate of drug-likeness (QED) is 0.796. The summed E-state index contributed by atoms with van der Waals surface area (Å²) >= 11 is 0. The molecule has 0 aliphatic carbocycles. The zero-order chi connectivity index (χ0) is 18.0. The van der Waals surface area contributed by atoms with E-state index >= 15 is 0 Å². The number of fused-ring (bicyclic) bond motifs is 1.